The summed E-state index contributed by atoms with van der Waals surface area (Å²) in [6, 6.07) is 13.1. The molecule has 0 bridgehead atoms. The topological polar surface area (TPSA) is 73.9 Å². The fourth-order valence-corrected chi connectivity index (χ4v) is 5.10. The molecule has 0 radical (unpaired) electrons. The van der Waals surface area contributed by atoms with Crippen LogP contribution in [0.5, 0.6) is 11.5 Å². The van der Waals surface area contributed by atoms with E-state index in [-0.39, 0.29) is 17.8 Å². The Balaban J connectivity index is 1.76. The Bertz CT molecular complexity index is 1230. The van der Waals surface area contributed by atoms with Crippen LogP contribution in [0.25, 0.3) is 0 Å². The van der Waals surface area contributed by atoms with Crippen molar-refractivity contribution in [2.75, 3.05) is 14.2 Å². The van der Waals surface area contributed by atoms with Gasteiger partial charge in [0, 0.05) is 34.3 Å². The first-order chi connectivity index (χ1) is 17.3. The van der Waals surface area contributed by atoms with Crippen LogP contribution in [0.4, 0.5) is 0 Å². The van der Waals surface area contributed by atoms with Gasteiger partial charge in [0.05, 0.1) is 25.9 Å². The van der Waals surface area contributed by atoms with Crippen LogP contribution in [0.3, 0.4) is 0 Å². The van der Waals surface area contributed by atoms with E-state index in [2.05, 4.69) is 5.32 Å². The Kier molecular flexibility index (Phi) is 7.74. The minimum atomic E-state index is -0.520. The van der Waals surface area contributed by atoms with E-state index in [4.69, 9.17) is 25.8 Å². The van der Waals surface area contributed by atoms with Gasteiger partial charge in [0.25, 0.3) is 0 Å². The second-order valence-corrected chi connectivity index (χ2v) is 9.74. The van der Waals surface area contributed by atoms with Crippen LogP contribution < -0.4 is 14.8 Å². The predicted octanol–water partition coefficient (Wildman–Crippen LogP) is 6.06. The lowest BCUT2D eigenvalue weighted by Gasteiger charge is -2.37. The van der Waals surface area contributed by atoms with Crippen molar-refractivity contribution < 1.29 is 23.8 Å². The molecule has 6 nitrogen and oxygen atoms in total. The largest absolute Gasteiger partial charge is 0.493 e. The van der Waals surface area contributed by atoms with E-state index >= 15 is 0 Å². The van der Waals surface area contributed by atoms with E-state index < -0.39 is 11.9 Å². The van der Waals surface area contributed by atoms with Crippen LogP contribution in [0.15, 0.2) is 65.0 Å². The van der Waals surface area contributed by atoms with Crippen LogP contribution in [-0.2, 0) is 14.3 Å². The summed E-state index contributed by atoms with van der Waals surface area (Å²) in [6.45, 7) is 5.70. The van der Waals surface area contributed by atoms with Gasteiger partial charge in [-0.3, -0.25) is 4.79 Å². The quantitative estimate of drug-likeness (QED) is 0.457. The van der Waals surface area contributed by atoms with Crippen LogP contribution in [-0.4, -0.2) is 32.1 Å². The first-order valence-electron chi connectivity index (χ1n) is 12.2. The third-order valence-corrected chi connectivity index (χ3v) is 7.26. The maximum Gasteiger partial charge on any atom is 0.337 e. The van der Waals surface area contributed by atoms with Crippen molar-refractivity contribution in [2.24, 2.45) is 0 Å². The number of methoxy groups -OCH3 is 2. The smallest absolute Gasteiger partial charge is 0.337 e. The van der Waals surface area contributed by atoms with Gasteiger partial charge in [0.1, 0.15) is 0 Å². The summed E-state index contributed by atoms with van der Waals surface area (Å²) in [5.41, 5.74) is 4.46. The Morgan fingerprint density at radius 2 is 1.72 bits per heavy atom. The second-order valence-electron chi connectivity index (χ2n) is 9.31. The van der Waals surface area contributed by atoms with E-state index in [1.807, 2.05) is 51.1 Å². The molecule has 2 aliphatic rings. The molecule has 0 saturated heterocycles. The SMILES string of the molecule is CC[C@H](C)OC(=O)C1=C(C)NC2=C(C(=O)C[C@@H](c3ccc(OC)c(OC)c3)C2)[C@@H]1c1ccc(Cl)cc1. The predicted molar refractivity (Wildman–Crippen MR) is 139 cm³/mol. The highest BCUT2D eigenvalue weighted by Crippen LogP contribution is 2.46. The van der Waals surface area contributed by atoms with Crippen molar-refractivity contribution in [3.63, 3.8) is 0 Å². The van der Waals surface area contributed by atoms with Crippen LogP contribution in [0, 0.1) is 0 Å². The molecule has 1 aliphatic heterocycles. The molecule has 0 aromatic heterocycles. The van der Waals surface area contributed by atoms with Crippen LogP contribution in [0.1, 0.15) is 63.0 Å². The molecule has 0 amide bonds. The summed E-state index contributed by atoms with van der Waals surface area (Å²) in [4.78, 5) is 27.1. The number of halogens is 1. The highest BCUT2D eigenvalue weighted by Gasteiger charge is 2.41. The van der Waals surface area contributed by atoms with Gasteiger partial charge in [-0.05, 0) is 68.0 Å². The lowest BCUT2D eigenvalue weighted by Crippen LogP contribution is -2.36. The number of esters is 1. The Hall–Kier alpha value is -3.25. The number of carbonyl (C=O) groups excluding carboxylic acids is 2. The van der Waals surface area contributed by atoms with Crippen molar-refractivity contribution in [1.29, 1.82) is 0 Å². The number of ether oxygens (including phenoxy) is 3. The number of allylic oxidation sites excluding steroid dienone is 3. The zero-order chi connectivity index (χ0) is 26.0. The zero-order valence-electron chi connectivity index (χ0n) is 21.3. The number of nitrogens with one attached hydrogen (secondary N) is 1. The molecule has 1 heterocycles. The summed E-state index contributed by atoms with van der Waals surface area (Å²) in [7, 11) is 3.20. The Morgan fingerprint density at radius 1 is 1.06 bits per heavy atom. The molecule has 190 valence electrons. The molecule has 2 aromatic carbocycles. The third kappa shape index (κ3) is 5.00. The van der Waals surface area contributed by atoms with E-state index in [0.29, 0.717) is 52.6 Å². The number of hydrogen-bond acceptors (Lipinski definition) is 6. The van der Waals surface area contributed by atoms with Gasteiger partial charge >= 0.3 is 5.97 Å². The summed E-state index contributed by atoms with van der Waals surface area (Å²) < 4.78 is 16.6. The van der Waals surface area contributed by atoms with Crippen molar-refractivity contribution in [3.8, 4) is 11.5 Å². The van der Waals surface area contributed by atoms with E-state index in [0.717, 1.165) is 16.8 Å². The standard InChI is InChI=1S/C29H32ClNO5/c1-6-16(2)36-29(33)26-17(3)31-22-13-20(19-9-12-24(34-4)25(15-19)35-5)14-23(32)28(22)27(26)18-7-10-21(30)11-8-18/h7-12,15-16,20,27,31H,6,13-14H2,1-5H3/t16-,20-,27+/m0/s1. The first-order valence-corrected chi connectivity index (χ1v) is 12.6. The summed E-state index contributed by atoms with van der Waals surface area (Å²) in [5, 5.41) is 3.98. The number of benzene rings is 2. The fraction of sp³-hybridized carbons (Fsp3) is 0.379. The third-order valence-electron chi connectivity index (χ3n) is 7.01. The van der Waals surface area contributed by atoms with Crippen molar-refractivity contribution in [1.82, 2.24) is 5.32 Å². The number of carbonyl (C=O) groups is 2. The second kappa shape index (κ2) is 10.8. The van der Waals surface area contributed by atoms with E-state index in [1.165, 1.54) is 0 Å². The molecule has 0 unspecified atom stereocenters. The Morgan fingerprint density at radius 3 is 2.36 bits per heavy atom. The maximum absolute atomic E-state index is 13.7. The highest BCUT2D eigenvalue weighted by atomic mass is 35.5. The summed E-state index contributed by atoms with van der Waals surface area (Å²) in [5.74, 6) is 0.319. The lowest BCUT2D eigenvalue weighted by atomic mass is 9.71. The van der Waals surface area contributed by atoms with E-state index in [9.17, 15) is 9.59 Å². The van der Waals surface area contributed by atoms with Crippen molar-refractivity contribution >= 4 is 23.4 Å². The van der Waals surface area contributed by atoms with E-state index in [1.54, 1.807) is 26.4 Å². The molecule has 1 N–H and O–H groups in total. The number of Topliss-reactive ketones (excluding diaryl/α,β-unsaturated/α-hetero) is 1. The van der Waals surface area contributed by atoms with Gasteiger partial charge in [-0.1, -0.05) is 36.7 Å². The maximum atomic E-state index is 13.7. The van der Waals surface area contributed by atoms with Crippen molar-refractivity contribution in [2.45, 2.75) is 58.0 Å². The number of rotatable bonds is 7. The van der Waals surface area contributed by atoms with Gasteiger partial charge in [-0.25, -0.2) is 4.79 Å². The average molecular weight is 510 g/mol. The first kappa shape index (κ1) is 25.8. The minimum Gasteiger partial charge on any atom is -0.493 e. The minimum absolute atomic E-state index is 0.00447. The lowest BCUT2D eigenvalue weighted by molar-refractivity contribution is -0.144. The zero-order valence-corrected chi connectivity index (χ0v) is 22.1. The molecular formula is C29H32ClNO5. The molecule has 4 rings (SSSR count). The van der Waals surface area contributed by atoms with Gasteiger partial charge in [-0.15, -0.1) is 0 Å². The molecule has 7 heteroatoms. The van der Waals surface area contributed by atoms with Gasteiger partial charge in [0.15, 0.2) is 17.3 Å². The normalized spacial score (nSPS) is 20.4. The monoisotopic (exact) mass is 509 g/mol. The summed E-state index contributed by atoms with van der Waals surface area (Å²) in [6.07, 6.45) is 1.44. The molecule has 2 aromatic rings. The molecule has 0 fully saturated rings. The van der Waals surface area contributed by atoms with Crippen molar-refractivity contribution in [3.05, 3.63) is 81.2 Å². The molecule has 1 aliphatic carbocycles. The molecule has 0 saturated carbocycles. The number of dihydropyridines is 1. The van der Waals surface area contributed by atoms with Gasteiger partial charge < -0.3 is 19.5 Å². The van der Waals surface area contributed by atoms with Crippen LogP contribution >= 0.6 is 11.6 Å². The highest BCUT2D eigenvalue weighted by molar-refractivity contribution is 6.30. The molecular weight excluding hydrogens is 478 g/mol. The summed E-state index contributed by atoms with van der Waals surface area (Å²) >= 11 is 6.15. The van der Waals surface area contributed by atoms with Crippen LogP contribution in [0.2, 0.25) is 5.02 Å². The fourth-order valence-electron chi connectivity index (χ4n) is 4.97. The molecule has 0 spiro atoms. The number of hydrogen-bond donors (Lipinski definition) is 1. The average Bonchev–Trinajstić information content (AvgIpc) is 2.87. The van der Waals surface area contributed by atoms with Gasteiger partial charge in [0.2, 0.25) is 0 Å². The number of ketones is 1. The Labute approximate surface area is 217 Å². The molecule has 3 atom stereocenters. The molecule has 36 heavy (non-hydrogen) atoms. The van der Waals surface area contributed by atoms with Gasteiger partial charge in [-0.2, -0.15) is 0 Å².